The third kappa shape index (κ3) is 4.15. The Morgan fingerprint density at radius 1 is 1.39 bits per heavy atom. The summed E-state index contributed by atoms with van der Waals surface area (Å²) in [6, 6.07) is 2.08. The standard InChI is InChI=1S/C13H12N2OS2/c16-6-2-1-3-11-7-12(17-9-11)10-18-13-8-14-4-5-15-13/h4-5,7-9,16H,2,6,10H2. The molecule has 0 aromatic carbocycles. The first-order valence-corrected chi connectivity index (χ1v) is 7.31. The Morgan fingerprint density at radius 3 is 3.11 bits per heavy atom. The molecule has 18 heavy (non-hydrogen) atoms. The Morgan fingerprint density at radius 2 is 2.33 bits per heavy atom. The zero-order valence-corrected chi connectivity index (χ0v) is 11.3. The average molecular weight is 276 g/mol. The first kappa shape index (κ1) is 13.1. The van der Waals surface area contributed by atoms with E-state index in [4.69, 9.17) is 5.11 Å². The number of thiophene rings is 1. The Balaban J connectivity index is 1.90. The number of hydrogen-bond donors (Lipinski definition) is 1. The lowest BCUT2D eigenvalue weighted by molar-refractivity contribution is 0.305. The lowest BCUT2D eigenvalue weighted by atomic mass is 10.3. The summed E-state index contributed by atoms with van der Waals surface area (Å²) < 4.78 is 0. The van der Waals surface area contributed by atoms with Crippen molar-refractivity contribution in [2.24, 2.45) is 0 Å². The normalized spacial score (nSPS) is 9.83. The van der Waals surface area contributed by atoms with Crippen LogP contribution in [0.1, 0.15) is 16.9 Å². The predicted molar refractivity (Wildman–Crippen MR) is 74.5 cm³/mol. The van der Waals surface area contributed by atoms with Crippen LogP contribution in [0, 0.1) is 11.8 Å². The summed E-state index contributed by atoms with van der Waals surface area (Å²) >= 11 is 3.36. The van der Waals surface area contributed by atoms with Crippen LogP contribution >= 0.6 is 23.1 Å². The zero-order chi connectivity index (χ0) is 12.6. The van der Waals surface area contributed by atoms with E-state index in [0.717, 1.165) is 16.3 Å². The van der Waals surface area contributed by atoms with Gasteiger partial charge in [-0.3, -0.25) is 4.98 Å². The van der Waals surface area contributed by atoms with E-state index < -0.39 is 0 Å². The van der Waals surface area contributed by atoms with Gasteiger partial charge in [0.25, 0.3) is 0 Å². The molecule has 2 aromatic heterocycles. The van der Waals surface area contributed by atoms with Crippen LogP contribution in [0.15, 0.2) is 35.1 Å². The van der Waals surface area contributed by atoms with Crippen LogP contribution in [0.2, 0.25) is 0 Å². The molecule has 2 heterocycles. The molecule has 0 atom stereocenters. The van der Waals surface area contributed by atoms with Gasteiger partial charge in [0.2, 0.25) is 0 Å². The molecule has 3 nitrogen and oxygen atoms in total. The number of aliphatic hydroxyl groups excluding tert-OH is 1. The number of thioether (sulfide) groups is 1. The number of nitrogens with zero attached hydrogens (tertiary/aromatic N) is 2. The summed E-state index contributed by atoms with van der Waals surface area (Å²) in [7, 11) is 0. The largest absolute Gasteiger partial charge is 0.395 e. The molecule has 0 saturated carbocycles. The molecule has 0 unspecified atom stereocenters. The van der Waals surface area contributed by atoms with Gasteiger partial charge in [0.15, 0.2) is 0 Å². The molecule has 0 bridgehead atoms. The van der Waals surface area contributed by atoms with Gasteiger partial charge < -0.3 is 5.11 Å². The van der Waals surface area contributed by atoms with Crippen molar-refractivity contribution in [1.82, 2.24) is 9.97 Å². The highest BCUT2D eigenvalue weighted by atomic mass is 32.2. The average Bonchev–Trinajstić information content (AvgIpc) is 2.86. The van der Waals surface area contributed by atoms with Gasteiger partial charge in [-0.2, -0.15) is 0 Å². The third-order valence-corrected chi connectivity index (χ3v) is 4.11. The highest BCUT2D eigenvalue weighted by Crippen LogP contribution is 2.24. The highest BCUT2D eigenvalue weighted by Gasteiger charge is 2.00. The number of aliphatic hydroxyl groups is 1. The zero-order valence-electron chi connectivity index (χ0n) is 9.67. The number of rotatable bonds is 4. The molecule has 0 fully saturated rings. The topological polar surface area (TPSA) is 46.0 Å². The van der Waals surface area contributed by atoms with Gasteiger partial charge in [-0.05, 0) is 6.07 Å². The Bertz CT molecular complexity index is 543. The minimum Gasteiger partial charge on any atom is -0.395 e. The highest BCUT2D eigenvalue weighted by molar-refractivity contribution is 7.98. The molecular formula is C13H12N2OS2. The van der Waals surface area contributed by atoms with Crippen LogP contribution < -0.4 is 0 Å². The van der Waals surface area contributed by atoms with Gasteiger partial charge in [0, 0.05) is 40.4 Å². The predicted octanol–water partition coefficient (Wildman–Crippen LogP) is 2.56. The molecular weight excluding hydrogens is 264 g/mol. The number of hydrogen-bond acceptors (Lipinski definition) is 5. The molecule has 0 radical (unpaired) electrons. The Labute approximate surface area is 114 Å². The van der Waals surface area contributed by atoms with E-state index in [2.05, 4.69) is 27.9 Å². The van der Waals surface area contributed by atoms with Crippen molar-refractivity contribution in [3.63, 3.8) is 0 Å². The quantitative estimate of drug-likeness (QED) is 0.688. The monoisotopic (exact) mass is 276 g/mol. The van der Waals surface area contributed by atoms with Crippen molar-refractivity contribution < 1.29 is 5.11 Å². The molecule has 92 valence electrons. The van der Waals surface area contributed by atoms with Crippen LogP contribution in [0.4, 0.5) is 0 Å². The minimum atomic E-state index is 0.118. The fourth-order valence-corrected chi connectivity index (χ4v) is 2.94. The summed E-state index contributed by atoms with van der Waals surface area (Å²) in [6.07, 6.45) is 5.66. The Kier molecular flexibility index (Phi) is 5.21. The van der Waals surface area contributed by atoms with Crippen LogP contribution in [0.5, 0.6) is 0 Å². The molecule has 0 amide bonds. The van der Waals surface area contributed by atoms with E-state index in [-0.39, 0.29) is 6.61 Å². The Hall–Kier alpha value is -1.35. The second-order valence-electron chi connectivity index (χ2n) is 3.41. The van der Waals surface area contributed by atoms with E-state index in [1.807, 2.05) is 5.38 Å². The van der Waals surface area contributed by atoms with Gasteiger partial charge >= 0.3 is 0 Å². The first-order chi connectivity index (χ1) is 8.88. The van der Waals surface area contributed by atoms with Gasteiger partial charge in [-0.1, -0.05) is 23.6 Å². The summed E-state index contributed by atoms with van der Waals surface area (Å²) in [4.78, 5) is 9.50. The van der Waals surface area contributed by atoms with Gasteiger partial charge in [0.05, 0.1) is 12.8 Å². The van der Waals surface area contributed by atoms with E-state index >= 15 is 0 Å². The third-order valence-electron chi connectivity index (χ3n) is 2.03. The maximum atomic E-state index is 8.64. The second kappa shape index (κ2) is 7.17. The second-order valence-corrected chi connectivity index (χ2v) is 5.40. The van der Waals surface area contributed by atoms with Crippen molar-refractivity contribution in [2.75, 3.05) is 6.61 Å². The molecule has 0 aliphatic rings. The van der Waals surface area contributed by atoms with Crippen molar-refractivity contribution in [2.45, 2.75) is 17.2 Å². The van der Waals surface area contributed by atoms with Gasteiger partial charge in [0.1, 0.15) is 5.03 Å². The maximum Gasteiger partial charge on any atom is 0.115 e. The molecule has 0 aliphatic carbocycles. The molecule has 0 saturated heterocycles. The van der Waals surface area contributed by atoms with Crippen LogP contribution in [0.3, 0.4) is 0 Å². The molecule has 1 N–H and O–H groups in total. The van der Waals surface area contributed by atoms with Crippen LogP contribution in [-0.4, -0.2) is 21.7 Å². The molecule has 5 heteroatoms. The lowest BCUT2D eigenvalue weighted by Crippen LogP contribution is -1.81. The number of aromatic nitrogens is 2. The molecule has 0 aliphatic heterocycles. The van der Waals surface area contributed by atoms with Crippen molar-refractivity contribution in [3.05, 3.63) is 40.5 Å². The summed E-state index contributed by atoms with van der Waals surface area (Å²) in [6.45, 7) is 0.118. The van der Waals surface area contributed by atoms with Gasteiger partial charge in [-0.15, -0.1) is 11.3 Å². The fourth-order valence-electron chi connectivity index (χ4n) is 1.25. The van der Waals surface area contributed by atoms with Crippen LogP contribution in [0.25, 0.3) is 0 Å². The summed E-state index contributed by atoms with van der Waals surface area (Å²) in [5.74, 6) is 6.82. The van der Waals surface area contributed by atoms with E-state index in [9.17, 15) is 0 Å². The maximum absolute atomic E-state index is 8.64. The van der Waals surface area contributed by atoms with E-state index in [1.54, 1.807) is 41.7 Å². The van der Waals surface area contributed by atoms with Gasteiger partial charge in [-0.25, -0.2) is 4.98 Å². The summed E-state index contributed by atoms with van der Waals surface area (Å²) in [5, 5.41) is 11.6. The van der Waals surface area contributed by atoms with E-state index in [1.165, 1.54) is 4.88 Å². The molecule has 0 spiro atoms. The van der Waals surface area contributed by atoms with E-state index in [0.29, 0.717) is 6.42 Å². The lowest BCUT2D eigenvalue weighted by Gasteiger charge is -1.96. The van der Waals surface area contributed by atoms with Crippen LogP contribution in [-0.2, 0) is 5.75 Å². The smallest absolute Gasteiger partial charge is 0.115 e. The molecule has 2 rings (SSSR count). The van der Waals surface area contributed by atoms with Crippen molar-refractivity contribution >= 4 is 23.1 Å². The SMILES string of the molecule is OCCC#Cc1csc(CSc2cnccn2)c1. The fraction of sp³-hybridized carbons (Fsp3) is 0.231. The van der Waals surface area contributed by atoms with Crippen molar-refractivity contribution in [3.8, 4) is 11.8 Å². The molecule has 2 aromatic rings. The minimum absolute atomic E-state index is 0.118. The summed E-state index contributed by atoms with van der Waals surface area (Å²) in [5.41, 5.74) is 1.02. The van der Waals surface area contributed by atoms with Crippen molar-refractivity contribution in [1.29, 1.82) is 0 Å². The first-order valence-electron chi connectivity index (χ1n) is 5.44.